The Morgan fingerprint density at radius 3 is 1.38 bits per heavy atom. The molecule has 0 rings (SSSR count). The van der Waals surface area contributed by atoms with Crippen molar-refractivity contribution < 1.29 is 28.6 Å². The number of carbonyl (C=O) groups excluding carboxylic acids is 3. The molecule has 0 aliphatic rings. The normalized spacial score (nSPS) is 12.7. The Morgan fingerprint density at radius 1 is 0.415 bits per heavy atom. The number of hydrogen-bond acceptors (Lipinski definition) is 6. The lowest BCUT2D eigenvalue weighted by Crippen LogP contribution is -2.30. The van der Waals surface area contributed by atoms with Crippen LogP contribution in [0.2, 0.25) is 0 Å². The van der Waals surface area contributed by atoms with Gasteiger partial charge in [-0.25, -0.2) is 0 Å². The van der Waals surface area contributed by atoms with E-state index in [-0.39, 0.29) is 31.1 Å². The van der Waals surface area contributed by atoms with Gasteiger partial charge in [0.2, 0.25) is 0 Å². The zero-order chi connectivity index (χ0) is 38.7. The summed E-state index contributed by atoms with van der Waals surface area (Å²) in [6, 6.07) is 0. The SMILES string of the molecule is CC\C=C/C=C\C=C/C=C\CCCCCC(=O)OCC(COC(=O)CCCCCCCCCCCC)OC(=O)CCCCCCC/C=C\C/C=C\CC. The van der Waals surface area contributed by atoms with Crippen molar-refractivity contribution >= 4 is 17.9 Å². The highest BCUT2D eigenvalue weighted by atomic mass is 16.6. The van der Waals surface area contributed by atoms with Gasteiger partial charge in [0.25, 0.3) is 0 Å². The minimum atomic E-state index is -0.794. The zero-order valence-electron chi connectivity index (χ0n) is 34.3. The van der Waals surface area contributed by atoms with Crippen molar-refractivity contribution in [3.05, 3.63) is 72.9 Å². The third-order valence-electron chi connectivity index (χ3n) is 8.80. The van der Waals surface area contributed by atoms with Crippen molar-refractivity contribution in [2.75, 3.05) is 13.2 Å². The van der Waals surface area contributed by atoms with Crippen LogP contribution in [-0.2, 0) is 28.6 Å². The van der Waals surface area contributed by atoms with E-state index in [0.717, 1.165) is 103 Å². The second-order valence-corrected chi connectivity index (χ2v) is 13.9. The molecule has 0 spiro atoms. The highest BCUT2D eigenvalue weighted by molar-refractivity contribution is 5.71. The van der Waals surface area contributed by atoms with Gasteiger partial charge in [-0.3, -0.25) is 14.4 Å². The first-order chi connectivity index (χ1) is 26.0. The Morgan fingerprint density at radius 2 is 0.830 bits per heavy atom. The van der Waals surface area contributed by atoms with E-state index in [1.807, 2.05) is 36.5 Å². The fourth-order valence-corrected chi connectivity index (χ4v) is 5.61. The van der Waals surface area contributed by atoms with Crippen LogP contribution in [-0.4, -0.2) is 37.2 Å². The molecule has 0 fully saturated rings. The van der Waals surface area contributed by atoms with Crippen LogP contribution in [0.15, 0.2) is 72.9 Å². The first-order valence-electron chi connectivity index (χ1n) is 21.5. The maximum absolute atomic E-state index is 12.7. The molecule has 0 heterocycles. The van der Waals surface area contributed by atoms with E-state index in [1.165, 1.54) is 44.9 Å². The van der Waals surface area contributed by atoms with Gasteiger partial charge in [-0.1, -0.05) is 177 Å². The Labute approximate surface area is 325 Å². The van der Waals surface area contributed by atoms with E-state index in [2.05, 4.69) is 57.2 Å². The molecule has 0 bridgehead atoms. The molecular formula is C47H78O6. The second kappa shape index (κ2) is 41.6. The number of unbranched alkanes of at least 4 members (excludes halogenated alkanes) is 17. The molecule has 0 aromatic rings. The van der Waals surface area contributed by atoms with Crippen LogP contribution in [0, 0.1) is 0 Å². The molecule has 0 saturated heterocycles. The Kier molecular flexibility index (Phi) is 39.1. The molecule has 0 N–H and O–H groups in total. The summed E-state index contributed by atoms with van der Waals surface area (Å²) in [6.45, 7) is 6.30. The average Bonchev–Trinajstić information content (AvgIpc) is 3.15. The highest BCUT2D eigenvalue weighted by Gasteiger charge is 2.19. The zero-order valence-corrected chi connectivity index (χ0v) is 34.3. The number of esters is 3. The van der Waals surface area contributed by atoms with Crippen LogP contribution in [0.4, 0.5) is 0 Å². The summed E-state index contributed by atoms with van der Waals surface area (Å²) < 4.78 is 16.6. The van der Waals surface area contributed by atoms with Crippen molar-refractivity contribution in [1.29, 1.82) is 0 Å². The molecule has 0 aliphatic carbocycles. The van der Waals surface area contributed by atoms with E-state index < -0.39 is 6.10 Å². The molecule has 302 valence electrons. The van der Waals surface area contributed by atoms with Crippen molar-refractivity contribution in [1.82, 2.24) is 0 Å². The summed E-state index contributed by atoms with van der Waals surface area (Å²) in [6.07, 6.45) is 50.3. The molecule has 1 atom stereocenters. The van der Waals surface area contributed by atoms with E-state index >= 15 is 0 Å². The number of rotatable bonds is 37. The van der Waals surface area contributed by atoms with Gasteiger partial charge < -0.3 is 14.2 Å². The molecule has 6 nitrogen and oxygen atoms in total. The van der Waals surface area contributed by atoms with Crippen LogP contribution in [0.3, 0.4) is 0 Å². The predicted octanol–water partition coefficient (Wildman–Crippen LogP) is 13.5. The van der Waals surface area contributed by atoms with Crippen LogP contribution >= 0.6 is 0 Å². The van der Waals surface area contributed by atoms with Gasteiger partial charge in [0.05, 0.1) is 0 Å². The standard InChI is InChI=1S/C47H78O6/c1-4-7-10-13-16-19-22-24-26-28-31-34-37-40-46(49)52-43-44(42-51-45(48)39-36-33-30-27-21-18-15-12-9-6-3)53-47(50)41-38-35-32-29-25-23-20-17-14-11-8-5-2/h7-8,10-11,13,16-17,19-20,22,24,26,44H,4-6,9,12,14-15,18,21,23,25,27-43H2,1-3H3/b10-7-,11-8-,16-13-,20-17-,22-19-,26-24-. The van der Waals surface area contributed by atoms with Crippen molar-refractivity contribution in [2.45, 2.75) is 194 Å². The van der Waals surface area contributed by atoms with E-state index in [4.69, 9.17) is 14.2 Å². The van der Waals surface area contributed by atoms with Gasteiger partial charge in [0.1, 0.15) is 13.2 Å². The van der Waals surface area contributed by atoms with E-state index in [1.54, 1.807) is 0 Å². The fraction of sp³-hybridized carbons (Fsp3) is 0.681. The lowest BCUT2D eigenvalue weighted by Gasteiger charge is -2.18. The van der Waals surface area contributed by atoms with E-state index in [9.17, 15) is 14.4 Å². The fourth-order valence-electron chi connectivity index (χ4n) is 5.61. The van der Waals surface area contributed by atoms with Crippen LogP contribution in [0.25, 0.3) is 0 Å². The molecule has 1 unspecified atom stereocenters. The topological polar surface area (TPSA) is 78.9 Å². The smallest absolute Gasteiger partial charge is 0.306 e. The first-order valence-corrected chi connectivity index (χ1v) is 21.5. The molecule has 0 saturated carbocycles. The molecule has 0 amide bonds. The quantitative estimate of drug-likeness (QED) is 0.0208. The van der Waals surface area contributed by atoms with Crippen LogP contribution in [0.5, 0.6) is 0 Å². The number of ether oxygens (including phenoxy) is 3. The summed E-state index contributed by atoms with van der Waals surface area (Å²) in [5.41, 5.74) is 0. The molecule has 53 heavy (non-hydrogen) atoms. The average molecular weight is 739 g/mol. The number of hydrogen-bond donors (Lipinski definition) is 0. The summed E-state index contributed by atoms with van der Waals surface area (Å²) >= 11 is 0. The summed E-state index contributed by atoms with van der Waals surface area (Å²) in [5, 5.41) is 0. The second-order valence-electron chi connectivity index (χ2n) is 13.9. The maximum atomic E-state index is 12.7. The van der Waals surface area contributed by atoms with Gasteiger partial charge in [-0.2, -0.15) is 0 Å². The highest BCUT2D eigenvalue weighted by Crippen LogP contribution is 2.13. The Hall–Kier alpha value is -3.15. The van der Waals surface area contributed by atoms with Gasteiger partial charge in [0.15, 0.2) is 6.10 Å². The van der Waals surface area contributed by atoms with Crippen molar-refractivity contribution in [3.8, 4) is 0 Å². The summed E-state index contributed by atoms with van der Waals surface area (Å²) in [7, 11) is 0. The Bertz CT molecular complexity index is 1030. The Balaban J connectivity index is 4.48. The van der Waals surface area contributed by atoms with Crippen molar-refractivity contribution in [3.63, 3.8) is 0 Å². The molecular weight excluding hydrogens is 661 g/mol. The van der Waals surface area contributed by atoms with Gasteiger partial charge >= 0.3 is 17.9 Å². The van der Waals surface area contributed by atoms with Crippen molar-refractivity contribution in [2.24, 2.45) is 0 Å². The van der Waals surface area contributed by atoms with Gasteiger partial charge in [-0.15, -0.1) is 0 Å². The summed E-state index contributed by atoms with van der Waals surface area (Å²) in [4.78, 5) is 37.6. The third kappa shape index (κ3) is 39.9. The number of carbonyl (C=O) groups is 3. The molecule has 6 heteroatoms. The first kappa shape index (κ1) is 49.9. The van der Waals surface area contributed by atoms with Crippen LogP contribution in [0.1, 0.15) is 188 Å². The minimum Gasteiger partial charge on any atom is -0.462 e. The summed E-state index contributed by atoms with van der Waals surface area (Å²) in [5.74, 6) is -0.959. The molecule has 0 aromatic heterocycles. The van der Waals surface area contributed by atoms with E-state index in [0.29, 0.717) is 19.3 Å². The molecule has 0 radical (unpaired) electrons. The lowest BCUT2D eigenvalue weighted by atomic mass is 10.1. The lowest BCUT2D eigenvalue weighted by molar-refractivity contribution is -0.167. The van der Waals surface area contributed by atoms with Crippen LogP contribution < -0.4 is 0 Å². The molecule has 0 aliphatic heterocycles. The third-order valence-corrected chi connectivity index (χ3v) is 8.80. The van der Waals surface area contributed by atoms with Gasteiger partial charge in [0, 0.05) is 19.3 Å². The predicted molar refractivity (Wildman–Crippen MR) is 224 cm³/mol. The largest absolute Gasteiger partial charge is 0.462 e. The minimum absolute atomic E-state index is 0.0939. The number of allylic oxidation sites excluding steroid dienone is 12. The molecule has 0 aromatic carbocycles. The monoisotopic (exact) mass is 739 g/mol. The van der Waals surface area contributed by atoms with Gasteiger partial charge in [-0.05, 0) is 64.2 Å². The maximum Gasteiger partial charge on any atom is 0.306 e.